The van der Waals surface area contributed by atoms with Gasteiger partial charge in [-0.25, -0.2) is 18.2 Å². The number of amides is 1. The molecule has 1 aliphatic rings. The van der Waals surface area contributed by atoms with Gasteiger partial charge in [0, 0.05) is 24.7 Å². The number of hydrogen-bond donors (Lipinski definition) is 0. The van der Waals surface area contributed by atoms with Crippen molar-refractivity contribution in [2.75, 3.05) is 12.3 Å². The van der Waals surface area contributed by atoms with Gasteiger partial charge in [-0.15, -0.1) is 11.3 Å². The lowest BCUT2D eigenvalue weighted by atomic mass is 10.0. The number of nitrogens with zero attached hydrogens (tertiary/aromatic N) is 3. The minimum atomic E-state index is -3.78. The Hall–Kier alpha value is -2.27. The number of non-ortho nitro benzene ring substituents is 1. The standard InChI is InChI=1S/C18H23N3O6S2/c1-18(2,3)27-17(22)20-9-5-4-6-13(20)11-29(25,26)16-19-14-10-12(21(23)24)7-8-15(14)28-16/h7-8,10,13H,4-6,9,11H2,1-3H3/t13-/m0/s1. The molecule has 0 N–H and O–H groups in total. The second kappa shape index (κ2) is 7.86. The van der Waals surface area contributed by atoms with E-state index in [0.717, 1.165) is 24.2 Å². The van der Waals surface area contributed by atoms with E-state index < -0.39 is 32.5 Å². The highest BCUT2D eigenvalue weighted by molar-refractivity contribution is 7.93. The lowest BCUT2D eigenvalue weighted by molar-refractivity contribution is -0.384. The van der Waals surface area contributed by atoms with Crippen LogP contribution in [0.25, 0.3) is 10.2 Å². The maximum Gasteiger partial charge on any atom is 0.410 e. The molecule has 2 heterocycles. The average molecular weight is 442 g/mol. The van der Waals surface area contributed by atoms with Crippen LogP contribution in [0.1, 0.15) is 40.0 Å². The Kier molecular flexibility index (Phi) is 5.81. The summed E-state index contributed by atoms with van der Waals surface area (Å²) in [4.78, 5) is 28.5. The Balaban J connectivity index is 1.84. The molecule has 0 spiro atoms. The summed E-state index contributed by atoms with van der Waals surface area (Å²) >= 11 is 0.976. The van der Waals surface area contributed by atoms with Crippen molar-refractivity contribution >= 4 is 43.2 Å². The molecule has 2 aromatic rings. The second-order valence-electron chi connectivity index (χ2n) is 7.99. The summed E-state index contributed by atoms with van der Waals surface area (Å²) in [6, 6.07) is 3.59. The number of carbonyl (C=O) groups excluding carboxylic acids is 1. The summed E-state index contributed by atoms with van der Waals surface area (Å²) in [7, 11) is -3.78. The van der Waals surface area contributed by atoms with E-state index >= 15 is 0 Å². The Labute approximate surface area is 172 Å². The van der Waals surface area contributed by atoms with Gasteiger partial charge >= 0.3 is 6.09 Å². The van der Waals surface area contributed by atoms with Crippen molar-refractivity contribution in [3.8, 4) is 0 Å². The summed E-state index contributed by atoms with van der Waals surface area (Å²) in [5, 5.41) is 10.9. The molecule has 3 rings (SSSR count). The summed E-state index contributed by atoms with van der Waals surface area (Å²) in [5.41, 5.74) is -0.537. The van der Waals surface area contributed by atoms with Gasteiger partial charge in [0.1, 0.15) is 5.60 Å². The Morgan fingerprint density at radius 3 is 2.76 bits per heavy atom. The minimum absolute atomic E-state index is 0.0947. The number of nitro groups is 1. The number of likely N-dealkylation sites (tertiary alicyclic amines) is 1. The van der Waals surface area contributed by atoms with Gasteiger partial charge in [0.25, 0.3) is 5.69 Å². The highest BCUT2D eigenvalue weighted by Crippen LogP contribution is 2.30. The zero-order valence-corrected chi connectivity index (χ0v) is 18.1. The Morgan fingerprint density at radius 1 is 1.38 bits per heavy atom. The number of benzene rings is 1. The number of rotatable bonds is 4. The van der Waals surface area contributed by atoms with Crippen LogP contribution in [0.4, 0.5) is 10.5 Å². The summed E-state index contributed by atoms with van der Waals surface area (Å²) < 4.78 is 31.8. The van der Waals surface area contributed by atoms with E-state index in [0.29, 0.717) is 17.7 Å². The lowest BCUT2D eigenvalue weighted by Gasteiger charge is -2.36. The first-order valence-corrected chi connectivity index (χ1v) is 11.7. The van der Waals surface area contributed by atoms with Crippen molar-refractivity contribution < 1.29 is 22.9 Å². The molecule has 11 heteroatoms. The fourth-order valence-electron chi connectivity index (χ4n) is 3.20. The van der Waals surface area contributed by atoms with Crippen molar-refractivity contribution in [1.82, 2.24) is 9.88 Å². The number of piperidine rings is 1. The van der Waals surface area contributed by atoms with Crippen molar-refractivity contribution in [3.05, 3.63) is 28.3 Å². The van der Waals surface area contributed by atoms with E-state index in [9.17, 15) is 23.3 Å². The third-order valence-corrected chi connectivity index (χ3v) is 7.79. The third-order valence-electron chi connectivity index (χ3n) is 4.50. The molecule has 1 aromatic heterocycles. The number of aromatic nitrogens is 1. The van der Waals surface area contributed by atoms with E-state index in [1.807, 2.05) is 0 Å². The maximum atomic E-state index is 13.0. The fraction of sp³-hybridized carbons (Fsp3) is 0.556. The van der Waals surface area contributed by atoms with Crippen molar-refractivity contribution in [2.24, 2.45) is 0 Å². The molecular formula is C18H23N3O6S2. The van der Waals surface area contributed by atoms with Gasteiger partial charge < -0.3 is 9.64 Å². The molecule has 0 unspecified atom stereocenters. The van der Waals surface area contributed by atoms with Gasteiger partial charge in [-0.2, -0.15) is 0 Å². The molecule has 29 heavy (non-hydrogen) atoms. The number of nitro benzene ring substituents is 1. The van der Waals surface area contributed by atoms with Crippen LogP contribution in [-0.2, 0) is 14.6 Å². The highest BCUT2D eigenvalue weighted by Gasteiger charge is 2.35. The van der Waals surface area contributed by atoms with Crippen LogP contribution in [0, 0.1) is 10.1 Å². The molecule has 0 bridgehead atoms. The summed E-state index contributed by atoms with van der Waals surface area (Å²) in [6.07, 6.45) is 1.67. The number of ether oxygens (including phenoxy) is 1. The fourth-order valence-corrected chi connectivity index (χ4v) is 6.09. The molecule has 0 radical (unpaired) electrons. The highest BCUT2D eigenvalue weighted by atomic mass is 32.2. The van der Waals surface area contributed by atoms with Crippen molar-refractivity contribution in [1.29, 1.82) is 0 Å². The molecule has 0 saturated carbocycles. The first-order chi connectivity index (χ1) is 13.5. The second-order valence-corrected chi connectivity index (χ2v) is 11.2. The molecule has 1 aliphatic heterocycles. The first kappa shape index (κ1) is 21.4. The van der Waals surface area contributed by atoms with Gasteiger partial charge in [0.15, 0.2) is 0 Å². The van der Waals surface area contributed by atoms with Gasteiger partial charge in [0.05, 0.1) is 20.9 Å². The van der Waals surface area contributed by atoms with Crippen LogP contribution in [0.5, 0.6) is 0 Å². The predicted octanol–water partition coefficient (Wildman–Crippen LogP) is 3.77. The zero-order chi connectivity index (χ0) is 21.4. The molecule has 0 aliphatic carbocycles. The lowest BCUT2D eigenvalue weighted by Crippen LogP contribution is -2.48. The normalized spacial score (nSPS) is 18.0. The monoisotopic (exact) mass is 441 g/mol. The molecule has 1 atom stereocenters. The number of thiazole rings is 1. The molecule has 1 fully saturated rings. The predicted molar refractivity (Wildman–Crippen MR) is 109 cm³/mol. The SMILES string of the molecule is CC(C)(C)OC(=O)N1CCCC[C@H]1CS(=O)(=O)c1nc2cc([N+](=O)[O-])ccc2s1. The van der Waals surface area contributed by atoms with E-state index in [4.69, 9.17) is 4.74 Å². The van der Waals surface area contributed by atoms with Crippen LogP contribution in [0.3, 0.4) is 0 Å². The molecular weight excluding hydrogens is 418 g/mol. The van der Waals surface area contributed by atoms with Gasteiger partial charge in [-0.1, -0.05) is 0 Å². The van der Waals surface area contributed by atoms with E-state index in [-0.39, 0.29) is 21.3 Å². The van der Waals surface area contributed by atoms with Crippen LogP contribution >= 0.6 is 11.3 Å². The minimum Gasteiger partial charge on any atom is -0.444 e. The molecule has 158 valence electrons. The first-order valence-electron chi connectivity index (χ1n) is 9.24. The molecule has 1 amide bonds. The number of carbonyl (C=O) groups is 1. The Morgan fingerprint density at radius 2 is 2.10 bits per heavy atom. The smallest absolute Gasteiger partial charge is 0.410 e. The van der Waals surface area contributed by atoms with Crippen molar-refractivity contribution in [3.63, 3.8) is 0 Å². The number of hydrogen-bond acceptors (Lipinski definition) is 8. The number of fused-ring (bicyclic) bond motifs is 1. The van der Waals surface area contributed by atoms with Crippen LogP contribution < -0.4 is 0 Å². The Bertz CT molecular complexity index is 1040. The quantitative estimate of drug-likeness (QED) is 0.523. The van der Waals surface area contributed by atoms with Crippen LogP contribution in [-0.4, -0.2) is 53.3 Å². The van der Waals surface area contributed by atoms with E-state index in [2.05, 4.69) is 4.98 Å². The topological polar surface area (TPSA) is 120 Å². The zero-order valence-electron chi connectivity index (χ0n) is 16.5. The van der Waals surface area contributed by atoms with Crippen molar-refractivity contribution in [2.45, 2.75) is 56.0 Å². The van der Waals surface area contributed by atoms with Crippen LogP contribution in [0.2, 0.25) is 0 Å². The largest absolute Gasteiger partial charge is 0.444 e. The number of sulfone groups is 1. The van der Waals surface area contributed by atoms with E-state index in [1.165, 1.54) is 23.1 Å². The molecule has 1 saturated heterocycles. The van der Waals surface area contributed by atoms with Gasteiger partial charge in [-0.05, 0) is 46.1 Å². The average Bonchev–Trinajstić information content (AvgIpc) is 3.04. The summed E-state index contributed by atoms with van der Waals surface area (Å²) in [5.74, 6) is -0.256. The summed E-state index contributed by atoms with van der Waals surface area (Å²) in [6.45, 7) is 5.74. The van der Waals surface area contributed by atoms with E-state index in [1.54, 1.807) is 20.8 Å². The third kappa shape index (κ3) is 5.02. The molecule has 1 aromatic carbocycles. The van der Waals surface area contributed by atoms with Gasteiger partial charge in [0.2, 0.25) is 14.2 Å². The van der Waals surface area contributed by atoms with Crippen LogP contribution in [0.15, 0.2) is 22.5 Å². The van der Waals surface area contributed by atoms with Gasteiger partial charge in [-0.3, -0.25) is 10.1 Å². The molecule has 9 nitrogen and oxygen atoms in total. The maximum absolute atomic E-state index is 13.0.